The van der Waals surface area contributed by atoms with E-state index >= 15 is 0 Å². The fourth-order valence-corrected chi connectivity index (χ4v) is 4.15. The van der Waals surface area contributed by atoms with Crippen molar-refractivity contribution in [3.05, 3.63) is 29.4 Å². The van der Waals surface area contributed by atoms with Crippen molar-refractivity contribution in [1.29, 1.82) is 5.26 Å². The number of aryl methyl sites for hydroxylation is 2. The van der Waals surface area contributed by atoms with Gasteiger partial charge in [-0.25, -0.2) is 8.42 Å². The van der Waals surface area contributed by atoms with E-state index in [9.17, 15) is 8.42 Å². The molecular formula is C12H13N5O3S. The molecule has 0 atom stereocenters. The van der Waals surface area contributed by atoms with Gasteiger partial charge in [0.05, 0.1) is 17.8 Å². The van der Waals surface area contributed by atoms with Gasteiger partial charge < -0.3 is 4.52 Å². The van der Waals surface area contributed by atoms with Crippen LogP contribution in [-0.2, 0) is 10.0 Å². The molecule has 0 spiro atoms. The van der Waals surface area contributed by atoms with E-state index in [-0.39, 0.29) is 10.9 Å². The number of rotatable bonds is 3. The first-order chi connectivity index (χ1) is 9.93. The van der Waals surface area contributed by atoms with Crippen LogP contribution in [0.2, 0.25) is 0 Å². The van der Waals surface area contributed by atoms with Crippen LogP contribution in [0.4, 0.5) is 0 Å². The van der Waals surface area contributed by atoms with Crippen LogP contribution in [0, 0.1) is 25.2 Å². The highest BCUT2D eigenvalue weighted by Crippen LogP contribution is 2.30. The summed E-state index contributed by atoms with van der Waals surface area (Å²) in [6, 6.07) is 1.94. The lowest BCUT2D eigenvalue weighted by atomic mass is 10.2. The molecular weight excluding hydrogens is 294 g/mol. The highest BCUT2D eigenvalue weighted by molar-refractivity contribution is 7.89. The average Bonchev–Trinajstić information content (AvgIpc) is 2.94. The summed E-state index contributed by atoms with van der Waals surface area (Å²) >= 11 is 0. The quantitative estimate of drug-likeness (QED) is 0.822. The minimum atomic E-state index is -3.59. The maximum Gasteiger partial charge on any atom is 0.248 e. The van der Waals surface area contributed by atoms with Crippen molar-refractivity contribution in [2.45, 2.75) is 24.8 Å². The first-order valence-electron chi connectivity index (χ1n) is 6.30. The predicted octanol–water partition coefficient (Wildman–Crippen LogP) is 0.605. The molecule has 1 aliphatic heterocycles. The van der Waals surface area contributed by atoms with Crippen LogP contribution in [0.3, 0.4) is 0 Å². The van der Waals surface area contributed by atoms with Crippen molar-refractivity contribution in [3.63, 3.8) is 0 Å². The number of hydrogen-bond acceptors (Lipinski definition) is 6. The van der Waals surface area contributed by atoms with Gasteiger partial charge in [-0.15, -0.1) is 0 Å². The monoisotopic (exact) mass is 307 g/mol. The summed E-state index contributed by atoms with van der Waals surface area (Å²) < 4.78 is 32.9. The van der Waals surface area contributed by atoms with E-state index in [1.807, 2.05) is 6.07 Å². The molecule has 0 aromatic carbocycles. The molecule has 0 N–H and O–H groups in total. The molecule has 1 fully saturated rings. The minimum Gasteiger partial charge on any atom is -0.360 e. The van der Waals surface area contributed by atoms with Crippen LogP contribution in [0.25, 0.3) is 0 Å². The number of aromatic nitrogens is 3. The SMILES string of the molecule is Cc1noc(C)c1S(=O)(=O)N1CC(n2cc(C#N)cn2)C1. The molecule has 1 saturated heterocycles. The third kappa shape index (κ3) is 2.12. The van der Waals surface area contributed by atoms with E-state index in [1.165, 1.54) is 10.5 Å². The summed E-state index contributed by atoms with van der Waals surface area (Å²) in [6.45, 7) is 3.82. The molecule has 0 radical (unpaired) electrons. The summed E-state index contributed by atoms with van der Waals surface area (Å²) in [4.78, 5) is 0.138. The number of sulfonamides is 1. The average molecular weight is 307 g/mol. The largest absolute Gasteiger partial charge is 0.360 e. The third-order valence-electron chi connectivity index (χ3n) is 3.50. The second-order valence-electron chi connectivity index (χ2n) is 4.95. The highest BCUT2D eigenvalue weighted by Gasteiger charge is 2.40. The van der Waals surface area contributed by atoms with E-state index in [4.69, 9.17) is 9.78 Å². The molecule has 0 amide bonds. The Labute approximate surface area is 121 Å². The fraction of sp³-hybridized carbons (Fsp3) is 0.417. The Morgan fingerprint density at radius 1 is 1.43 bits per heavy atom. The summed E-state index contributed by atoms with van der Waals surface area (Å²) in [5, 5.41) is 16.5. The molecule has 1 aliphatic rings. The molecule has 0 unspecified atom stereocenters. The van der Waals surface area contributed by atoms with Gasteiger partial charge in [0.15, 0.2) is 5.76 Å². The Bertz CT molecular complexity index is 804. The van der Waals surface area contributed by atoms with Crippen LogP contribution >= 0.6 is 0 Å². The Hall–Kier alpha value is -2.18. The van der Waals surface area contributed by atoms with Crippen molar-refractivity contribution in [2.24, 2.45) is 0 Å². The van der Waals surface area contributed by atoms with Gasteiger partial charge in [-0.2, -0.15) is 14.7 Å². The lowest BCUT2D eigenvalue weighted by Crippen LogP contribution is -2.50. The van der Waals surface area contributed by atoms with E-state index in [0.29, 0.717) is 30.1 Å². The molecule has 3 heterocycles. The topological polar surface area (TPSA) is 105 Å². The molecule has 2 aromatic rings. The molecule has 0 aliphatic carbocycles. The molecule has 21 heavy (non-hydrogen) atoms. The summed E-state index contributed by atoms with van der Waals surface area (Å²) in [5.41, 5.74) is 0.823. The molecule has 8 nitrogen and oxygen atoms in total. The molecule has 0 bridgehead atoms. The standard InChI is InChI=1S/C12H13N5O3S/c1-8-12(9(2)20-15-8)21(18,19)16-6-11(7-16)17-5-10(3-13)4-14-17/h4-5,11H,6-7H2,1-2H3. The van der Waals surface area contributed by atoms with Crippen LogP contribution < -0.4 is 0 Å². The van der Waals surface area contributed by atoms with Crippen molar-refractivity contribution in [1.82, 2.24) is 19.2 Å². The van der Waals surface area contributed by atoms with Crippen molar-refractivity contribution in [2.75, 3.05) is 13.1 Å². The highest BCUT2D eigenvalue weighted by atomic mass is 32.2. The Morgan fingerprint density at radius 3 is 2.67 bits per heavy atom. The van der Waals surface area contributed by atoms with E-state index in [1.54, 1.807) is 24.7 Å². The normalized spacial score (nSPS) is 16.6. The number of nitrogens with zero attached hydrogens (tertiary/aromatic N) is 5. The number of hydrogen-bond donors (Lipinski definition) is 0. The Morgan fingerprint density at radius 2 is 2.14 bits per heavy atom. The first kappa shape index (κ1) is 13.8. The summed E-state index contributed by atoms with van der Waals surface area (Å²) in [7, 11) is -3.59. The molecule has 9 heteroatoms. The van der Waals surface area contributed by atoms with Crippen molar-refractivity contribution < 1.29 is 12.9 Å². The van der Waals surface area contributed by atoms with Crippen LogP contribution in [0.1, 0.15) is 23.1 Å². The van der Waals surface area contributed by atoms with Crippen molar-refractivity contribution >= 4 is 10.0 Å². The zero-order valence-electron chi connectivity index (χ0n) is 11.5. The zero-order chi connectivity index (χ0) is 15.2. The second-order valence-corrected chi connectivity index (χ2v) is 6.82. The molecule has 3 rings (SSSR count). The molecule has 0 saturated carbocycles. The second kappa shape index (κ2) is 4.68. The van der Waals surface area contributed by atoms with Gasteiger partial charge in [0.2, 0.25) is 10.0 Å². The fourth-order valence-electron chi connectivity index (χ4n) is 2.35. The lowest BCUT2D eigenvalue weighted by Gasteiger charge is -2.37. The maximum atomic E-state index is 12.5. The third-order valence-corrected chi connectivity index (χ3v) is 5.58. The predicted molar refractivity (Wildman–Crippen MR) is 70.7 cm³/mol. The maximum absolute atomic E-state index is 12.5. The Balaban J connectivity index is 1.78. The minimum absolute atomic E-state index is 0.0534. The number of nitriles is 1. The Kier molecular flexibility index (Phi) is 3.07. The van der Waals surface area contributed by atoms with Gasteiger partial charge in [-0.1, -0.05) is 5.16 Å². The van der Waals surface area contributed by atoms with Crippen molar-refractivity contribution in [3.8, 4) is 6.07 Å². The molecule has 110 valence electrons. The van der Waals surface area contributed by atoms with Crippen LogP contribution in [0.15, 0.2) is 21.8 Å². The van der Waals surface area contributed by atoms with E-state index in [0.717, 1.165) is 0 Å². The van der Waals surface area contributed by atoms with Crippen LogP contribution in [0.5, 0.6) is 0 Å². The van der Waals surface area contributed by atoms with Gasteiger partial charge in [-0.05, 0) is 13.8 Å². The van der Waals surface area contributed by atoms with E-state index in [2.05, 4.69) is 10.3 Å². The van der Waals surface area contributed by atoms with Gasteiger partial charge >= 0.3 is 0 Å². The lowest BCUT2D eigenvalue weighted by molar-refractivity contribution is 0.191. The first-order valence-corrected chi connectivity index (χ1v) is 7.74. The van der Waals surface area contributed by atoms with E-state index < -0.39 is 10.0 Å². The summed E-state index contributed by atoms with van der Waals surface area (Å²) in [5.74, 6) is 0.293. The van der Waals surface area contributed by atoms with Gasteiger partial charge in [0.25, 0.3) is 0 Å². The van der Waals surface area contributed by atoms with Gasteiger partial charge in [0, 0.05) is 19.3 Å². The van der Waals surface area contributed by atoms with Gasteiger partial charge in [0.1, 0.15) is 16.7 Å². The summed E-state index contributed by atoms with van der Waals surface area (Å²) in [6.07, 6.45) is 3.08. The van der Waals surface area contributed by atoms with Crippen LogP contribution in [-0.4, -0.2) is 40.7 Å². The van der Waals surface area contributed by atoms with Gasteiger partial charge in [-0.3, -0.25) is 4.68 Å². The zero-order valence-corrected chi connectivity index (χ0v) is 12.3. The molecule has 2 aromatic heterocycles. The smallest absolute Gasteiger partial charge is 0.248 e.